The van der Waals surface area contributed by atoms with Crippen LogP contribution in [0.15, 0.2) is 6.33 Å². The van der Waals surface area contributed by atoms with Crippen LogP contribution in [0, 0.1) is 0 Å². The molecule has 2 unspecified atom stereocenters. The van der Waals surface area contributed by atoms with Gasteiger partial charge in [0.1, 0.15) is 6.33 Å². The van der Waals surface area contributed by atoms with Gasteiger partial charge in [-0.1, -0.05) is 20.8 Å². The van der Waals surface area contributed by atoms with Crippen molar-refractivity contribution in [3.63, 3.8) is 0 Å². The summed E-state index contributed by atoms with van der Waals surface area (Å²) in [5.74, 6) is 1.51. The van der Waals surface area contributed by atoms with E-state index in [9.17, 15) is 0 Å². The van der Waals surface area contributed by atoms with Crippen LogP contribution in [0.1, 0.15) is 68.8 Å². The lowest BCUT2D eigenvalue weighted by Crippen LogP contribution is -2.19. The lowest BCUT2D eigenvalue weighted by Gasteiger charge is -2.25. The highest BCUT2D eigenvalue weighted by atomic mass is 14.9. The third-order valence-corrected chi connectivity index (χ3v) is 3.85. The van der Waals surface area contributed by atoms with Crippen LogP contribution >= 0.6 is 0 Å². The molecule has 0 amide bonds. The minimum Gasteiger partial charge on any atom is -0.241 e. The van der Waals surface area contributed by atoms with Crippen LogP contribution in [0.4, 0.5) is 0 Å². The van der Waals surface area contributed by atoms with Gasteiger partial charge in [-0.05, 0) is 30.7 Å². The van der Waals surface area contributed by atoms with Gasteiger partial charge >= 0.3 is 0 Å². The number of rotatable bonds is 0. The largest absolute Gasteiger partial charge is 0.241 e. The number of fused-ring (bicyclic) bond motifs is 5. The zero-order chi connectivity index (χ0) is 10.6. The Morgan fingerprint density at radius 1 is 1.13 bits per heavy atom. The molecule has 0 radical (unpaired) electrons. The quantitative estimate of drug-likeness (QED) is 0.646. The van der Waals surface area contributed by atoms with E-state index in [2.05, 4.69) is 30.7 Å². The van der Waals surface area contributed by atoms with Crippen molar-refractivity contribution >= 4 is 0 Å². The van der Waals surface area contributed by atoms with E-state index in [0.717, 1.165) is 11.8 Å². The lowest BCUT2D eigenvalue weighted by atomic mass is 9.83. The van der Waals surface area contributed by atoms with Gasteiger partial charge in [-0.2, -0.15) is 0 Å². The average molecular weight is 202 g/mol. The van der Waals surface area contributed by atoms with E-state index in [1.807, 2.05) is 0 Å². The third kappa shape index (κ3) is 1.23. The predicted octanol–water partition coefficient (Wildman–Crippen LogP) is 3.14. The summed E-state index contributed by atoms with van der Waals surface area (Å²) in [6.07, 6.45) is 5.80. The second-order valence-corrected chi connectivity index (χ2v) is 5.98. The van der Waals surface area contributed by atoms with Gasteiger partial charge in [0.25, 0.3) is 0 Å². The Morgan fingerprint density at radius 3 is 2.60 bits per heavy atom. The van der Waals surface area contributed by atoms with Crippen molar-refractivity contribution in [1.29, 1.82) is 0 Å². The summed E-state index contributed by atoms with van der Waals surface area (Å²) in [6.45, 7) is 6.75. The van der Waals surface area contributed by atoms with E-state index in [1.54, 1.807) is 6.33 Å². The molecule has 2 aliphatic rings. The zero-order valence-electron chi connectivity index (χ0n) is 9.75. The molecule has 1 aromatic rings. The number of hydrogen-bond acceptors (Lipinski definition) is 2. The Labute approximate surface area is 91.1 Å². The van der Waals surface area contributed by atoms with Gasteiger partial charge in [0.2, 0.25) is 0 Å². The Bertz CT molecular complexity index is 403. The Morgan fingerprint density at radius 2 is 1.87 bits per heavy atom. The van der Waals surface area contributed by atoms with Gasteiger partial charge in [0.15, 0.2) is 0 Å². The highest BCUT2D eigenvalue weighted by Gasteiger charge is 2.41. The van der Waals surface area contributed by atoms with Crippen LogP contribution < -0.4 is 0 Å². The van der Waals surface area contributed by atoms with Crippen molar-refractivity contribution in [3.05, 3.63) is 23.3 Å². The lowest BCUT2D eigenvalue weighted by molar-refractivity contribution is 0.543. The van der Waals surface area contributed by atoms with Gasteiger partial charge in [0, 0.05) is 11.3 Å². The molecule has 0 aromatic carbocycles. The molecule has 2 heteroatoms. The van der Waals surface area contributed by atoms with Crippen molar-refractivity contribution in [1.82, 2.24) is 9.97 Å². The number of nitrogens with zero attached hydrogens (tertiary/aromatic N) is 2. The number of aromatic nitrogens is 2. The van der Waals surface area contributed by atoms with Gasteiger partial charge < -0.3 is 0 Å². The zero-order valence-corrected chi connectivity index (χ0v) is 9.75. The van der Waals surface area contributed by atoms with E-state index < -0.39 is 0 Å². The molecule has 2 nitrogen and oxygen atoms in total. The standard InChI is InChI=1S/C13H18N2/c1-13(2,3)12-10-8-4-5-9(6-8)11(10)14-7-15-12/h7-9H,4-6H2,1-3H3. The fraction of sp³-hybridized carbons (Fsp3) is 0.692. The summed E-state index contributed by atoms with van der Waals surface area (Å²) in [6, 6.07) is 0. The third-order valence-electron chi connectivity index (χ3n) is 3.85. The maximum Gasteiger partial charge on any atom is 0.115 e. The van der Waals surface area contributed by atoms with Crippen LogP contribution in [-0.2, 0) is 5.41 Å². The second kappa shape index (κ2) is 2.81. The van der Waals surface area contributed by atoms with E-state index in [-0.39, 0.29) is 5.41 Å². The minimum atomic E-state index is 0.164. The molecular formula is C13H18N2. The molecule has 1 saturated carbocycles. The highest BCUT2D eigenvalue weighted by molar-refractivity contribution is 5.41. The minimum absolute atomic E-state index is 0.164. The van der Waals surface area contributed by atoms with E-state index in [1.165, 1.54) is 36.2 Å². The summed E-state index contributed by atoms with van der Waals surface area (Å²) in [4.78, 5) is 9.03. The van der Waals surface area contributed by atoms with E-state index in [0.29, 0.717) is 0 Å². The maximum atomic E-state index is 4.53. The molecule has 0 aliphatic heterocycles. The van der Waals surface area contributed by atoms with E-state index in [4.69, 9.17) is 0 Å². The van der Waals surface area contributed by atoms with Crippen molar-refractivity contribution in [2.45, 2.75) is 57.3 Å². The molecule has 1 aromatic heterocycles. The first kappa shape index (κ1) is 9.32. The Kier molecular flexibility index (Phi) is 1.74. The molecule has 0 N–H and O–H groups in total. The fourth-order valence-electron chi connectivity index (χ4n) is 3.23. The van der Waals surface area contributed by atoms with Gasteiger partial charge in [-0.15, -0.1) is 0 Å². The molecule has 15 heavy (non-hydrogen) atoms. The molecule has 0 spiro atoms. The normalized spacial score (nSPS) is 28.2. The smallest absolute Gasteiger partial charge is 0.115 e. The monoisotopic (exact) mass is 202 g/mol. The Hall–Kier alpha value is -0.920. The molecule has 1 fully saturated rings. The first-order chi connectivity index (χ1) is 7.07. The topological polar surface area (TPSA) is 25.8 Å². The molecule has 2 atom stereocenters. The molecule has 2 aliphatic carbocycles. The van der Waals surface area contributed by atoms with Crippen LogP contribution in [0.5, 0.6) is 0 Å². The van der Waals surface area contributed by atoms with Crippen molar-refractivity contribution < 1.29 is 0 Å². The van der Waals surface area contributed by atoms with Gasteiger partial charge in [-0.3, -0.25) is 0 Å². The first-order valence-electron chi connectivity index (χ1n) is 5.92. The van der Waals surface area contributed by atoms with Crippen LogP contribution in [0.2, 0.25) is 0 Å². The first-order valence-corrected chi connectivity index (χ1v) is 5.92. The average Bonchev–Trinajstić information content (AvgIpc) is 2.76. The van der Waals surface area contributed by atoms with Crippen molar-refractivity contribution in [2.75, 3.05) is 0 Å². The molecular weight excluding hydrogens is 184 g/mol. The summed E-state index contributed by atoms with van der Waals surface area (Å²) in [5.41, 5.74) is 4.32. The summed E-state index contributed by atoms with van der Waals surface area (Å²) in [7, 11) is 0. The number of hydrogen-bond donors (Lipinski definition) is 0. The van der Waals surface area contributed by atoms with Crippen molar-refractivity contribution in [2.24, 2.45) is 0 Å². The summed E-state index contributed by atoms with van der Waals surface area (Å²) < 4.78 is 0. The SMILES string of the molecule is CC(C)(C)c1ncnc2c1C1CCC2C1. The molecule has 1 heterocycles. The molecule has 80 valence electrons. The predicted molar refractivity (Wildman–Crippen MR) is 60.1 cm³/mol. The molecule has 0 saturated heterocycles. The van der Waals surface area contributed by atoms with Crippen LogP contribution in [-0.4, -0.2) is 9.97 Å². The van der Waals surface area contributed by atoms with E-state index >= 15 is 0 Å². The van der Waals surface area contributed by atoms with Gasteiger partial charge in [-0.25, -0.2) is 9.97 Å². The highest BCUT2D eigenvalue weighted by Crippen LogP contribution is 2.53. The van der Waals surface area contributed by atoms with Crippen LogP contribution in [0.3, 0.4) is 0 Å². The summed E-state index contributed by atoms with van der Waals surface area (Å²) in [5, 5.41) is 0. The second-order valence-electron chi connectivity index (χ2n) is 5.98. The van der Waals surface area contributed by atoms with Gasteiger partial charge in [0.05, 0.1) is 11.4 Å². The van der Waals surface area contributed by atoms with Crippen LogP contribution in [0.25, 0.3) is 0 Å². The summed E-state index contributed by atoms with van der Waals surface area (Å²) >= 11 is 0. The molecule has 3 rings (SSSR count). The molecule has 2 bridgehead atoms. The van der Waals surface area contributed by atoms with Crippen molar-refractivity contribution in [3.8, 4) is 0 Å². The maximum absolute atomic E-state index is 4.53. The Balaban J connectivity index is 2.20. The fourth-order valence-corrected chi connectivity index (χ4v) is 3.23.